The molecule has 0 aliphatic heterocycles. The molecule has 57 heavy (non-hydrogen) atoms. The van der Waals surface area contributed by atoms with E-state index in [2.05, 4.69) is 4.98 Å². The van der Waals surface area contributed by atoms with E-state index in [0.29, 0.717) is 26.9 Å². The highest BCUT2D eigenvalue weighted by atomic mass is 35.5. The Morgan fingerprint density at radius 1 is 0.649 bits per heavy atom. The number of esters is 1. The summed E-state index contributed by atoms with van der Waals surface area (Å²) in [4.78, 5) is 34.3. The molecule has 0 spiro atoms. The van der Waals surface area contributed by atoms with Crippen LogP contribution in [0.4, 0.5) is 0 Å². The molecular formula is C43H52Cl2N4O6S2. The second-order valence-corrected chi connectivity index (χ2v) is 16.3. The van der Waals surface area contributed by atoms with E-state index in [0.717, 1.165) is 50.0 Å². The molecule has 0 fully saturated rings. The third kappa shape index (κ3) is 10.7. The number of hydrogen-bond acceptors (Lipinski definition) is 7. The van der Waals surface area contributed by atoms with Gasteiger partial charge in [-0.05, 0) is 103 Å². The van der Waals surface area contributed by atoms with Crippen molar-refractivity contribution in [3.63, 3.8) is 0 Å². The van der Waals surface area contributed by atoms with Crippen molar-refractivity contribution < 1.29 is 28.9 Å². The number of methoxy groups -OCH3 is 1. The molecule has 0 amide bonds. The van der Waals surface area contributed by atoms with E-state index in [-0.39, 0.29) is 27.0 Å². The van der Waals surface area contributed by atoms with Crippen molar-refractivity contribution in [2.24, 2.45) is 14.1 Å². The summed E-state index contributed by atoms with van der Waals surface area (Å²) in [7, 11) is 5.23. The number of carbonyl (C=O) groups excluding carboxylic acids is 1. The maximum Gasteiger partial charge on any atom is 0.339 e. The standard InChI is InChI=1S/C22H25ClN2O3.C21H23ClN2O3.2H2S/c1-13-17(19(21(26)27-6)28-22(2,3)4)18(14-7-9-15(23)10-8-14)16-11-12-25(5)20(16)24-13;1-12-16(18(20(25)26)27-21(2,3)4)17(13-6-8-14(22)9-7-13)15-10-11-24(5)19(15)23-12;;/h7-12,19H,1-6H3;6-11,18H,1-5H3,(H,25,26);2*1H2/t19-;18-;;/m00../s1. The summed E-state index contributed by atoms with van der Waals surface area (Å²) in [6.45, 7) is 15.0. The topological polar surface area (TPSA) is 118 Å². The Bertz CT molecular complexity index is 2360. The van der Waals surface area contributed by atoms with Crippen molar-refractivity contribution in [1.82, 2.24) is 19.1 Å². The highest BCUT2D eigenvalue weighted by Crippen LogP contribution is 2.41. The van der Waals surface area contributed by atoms with Crippen molar-refractivity contribution >= 4 is 84.2 Å². The number of benzene rings is 2. The minimum Gasteiger partial charge on any atom is -0.479 e. The summed E-state index contributed by atoms with van der Waals surface area (Å²) in [5, 5.41) is 13.0. The molecule has 0 radical (unpaired) electrons. The van der Waals surface area contributed by atoms with Crippen LogP contribution in [0.5, 0.6) is 0 Å². The number of halogens is 2. The van der Waals surface area contributed by atoms with E-state index in [9.17, 15) is 14.7 Å². The molecular weight excluding hydrogens is 804 g/mol. The second kappa shape index (κ2) is 18.7. The maximum absolute atomic E-state index is 12.7. The molecule has 6 aromatic rings. The van der Waals surface area contributed by atoms with E-state index >= 15 is 0 Å². The fraction of sp³-hybridized carbons (Fsp3) is 0.349. The molecule has 4 heterocycles. The highest BCUT2D eigenvalue weighted by molar-refractivity contribution is 7.59. The van der Waals surface area contributed by atoms with Crippen molar-refractivity contribution in [2.45, 2.75) is 78.8 Å². The van der Waals surface area contributed by atoms with Crippen molar-refractivity contribution in [3.05, 3.63) is 106 Å². The van der Waals surface area contributed by atoms with Crippen molar-refractivity contribution in [1.29, 1.82) is 0 Å². The van der Waals surface area contributed by atoms with E-state index in [1.54, 1.807) is 12.1 Å². The number of nitrogens with zero attached hydrogens (tertiary/aromatic N) is 4. The van der Waals surface area contributed by atoms with Gasteiger partial charge >= 0.3 is 11.9 Å². The Morgan fingerprint density at radius 2 is 1.00 bits per heavy atom. The maximum atomic E-state index is 12.7. The fourth-order valence-electron chi connectivity index (χ4n) is 6.57. The molecule has 306 valence electrons. The van der Waals surface area contributed by atoms with Crippen LogP contribution in [-0.2, 0) is 37.9 Å². The number of hydrogen-bond donors (Lipinski definition) is 1. The molecule has 0 bridgehead atoms. The zero-order valence-electron chi connectivity index (χ0n) is 34.1. The van der Waals surface area contributed by atoms with Crippen molar-refractivity contribution in [3.8, 4) is 22.3 Å². The van der Waals surface area contributed by atoms with Crippen LogP contribution in [0.3, 0.4) is 0 Å². The minimum absolute atomic E-state index is 0. The quantitative estimate of drug-likeness (QED) is 0.150. The first-order valence-electron chi connectivity index (χ1n) is 17.8. The summed E-state index contributed by atoms with van der Waals surface area (Å²) in [5.74, 6) is -1.49. The molecule has 1 N–H and O–H groups in total. The summed E-state index contributed by atoms with van der Waals surface area (Å²) >= 11 is 12.2. The predicted octanol–water partition coefficient (Wildman–Crippen LogP) is 10.6. The third-order valence-corrected chi connectivity index (χ3v) is 9.36. The van der Waals surface area contributed by atoms with Gasteiger partial charge in [0, 0.05) is 80.9 Å². The van der Waals surface area contributed by atoms with Gasteiger partial charge in [0.1, 0.15) is 11.3 Å². The van der Waals surface area contributed by atoms with E-state index in [4.69, 9.17) is 42.4 Å². The SMILES string of the molecule is COC(=O)[C@@H](OC(C)(C)C)c1c(C)nc2c(ccn2C)c1-c1ccc(Cl)cc1.Cc1nc2c(ccn2C)c(-c2ccc(Cl)cc2)c1[C@H](OC(C)(C)C)C(=O)O.S.S. The molecule has 10 nitrogen and oxygen atoms in total. The molecule has 0 aliphatic rings. The Labute approximate surface area is 358 Å². The van der Waals surface area contributed by atoms with Crippen LogP contribution < -0.4 is 0 Å². The lowest BCUT2D eigenvalue weighted by Gasteiger charge is -2.28. The molecule has 0 unspecified atom stereocenters. The van der Waals surface area contributed by atoms with Gasteiger partial charge in [-0.1, -0.05) is 47.5 Å². The van der Waals surface area contributed by atoms with Crippen molar-refractivity contribution in [2.75, 3.05) is 7.11 Å². The van der Waals surface area contributed by atoms with Gasteiger partial charge in [-0.25, -0.2) is 19.6 Å². The first-order valence-corrected chi connectivity index (χ1v) is 18.6. The first-order chi connectivity index (χ1) is 25.7. The first kappa shape index (κ1) is 47.3. The second-order valence-electron chi connectivity index (χ2n) is 15.4. The summed E-state index contributed by atoms with van der Waals surface area (Å²) < 4.78 is 21.0. The molecule has 0 saturated carbocycles. The number of carboxylic acid groups (broad SMARTS) is 1. The van der Waals surface area contributed by atoms with Gasteiger partial charge in [0.05, 0.1) is 18.3 Å². The molecule has 2 atom stereocenters. The number of rotatable bonds is 8. The number of carbonyl (C=O) groups is 2. The molecule has 2 aromatic carbocycles. The number of aliphatic carboxylic acids is 1. The smallest absolute Gasteiger partial charge is 0.339 e. The molecule has 6 rings (SSSR count). The van der Waals surface area contributed by atoms with Gasteiger partial charge < -0.3 is 28.5 Å². The van der Waals surface area contributed by atoms with Crippen LogP contribution >= 0.6 is 50.2 Å². The van der Waals surface area contributed by atoms with E-state index in [1.165, 1.54) is 7.11 Å². The number of fused-ring (bicyclic) bond motifs is 2. The third-order valence-electron chi connectivity index (χ3n) is 8.86. The highest BCUT2D eigenvalue weighted by Gasteiger charge is 2.34. The van der Waals surface area contributed by atoms with Crippen LogP contribution in [-0.4, -0.2) is 54.5 Å². The summed E-state index contributed by atoms with van der Waals surface area (Å²) in [5.41, 5.74) is 6.61. The Kier molecular flexibility index (Phi) is 15.5. The molecule has 0 aliphatic carbocycles. The largest absolute Gasteiger partial charge is 0.479 e. The monoisotopic (exact) mass is 854 g/mol. The number of aryl methyl sites for hydroxylation is 4. The van der Waals surface area contributed by atoms with Gasteiger partial charge in [-0.2, -0.15) is 27.0 Å². The number of aromatic nitrogens is 4. The Balaban J connectivity index is 0.000000295. The Morgan fingerprint density at radius 3 is 1.33 bits per heavy atom. The fourth-order valence-corrected chi connectivity index (χ4v) is 6.82. The minimum atomic E-state index is -1.13. The average Bonchev–Trinajstić information content (AvgIpc) is 3.66. The lowest BCUT2D eigenvalue weighted by atomic mass is 9.92. The van der Waals surface area contributed by atoms with Gasteiger partial charge in [0.2, 0.25) is 0 Å². The van der Waals surface area contributed by atoms with E-state index in [1.807, 2.05) is 140 Å². The predicted molar refractivity (Wildman–Crippen MR) is 239 cm³/mol. The zero-order valence-corrected chi connectivity index (χ0v) is 37.6. The van der Waals surface area contributed by atoms with Gasteiger partial charge in [0.15, 0.2) is 12.2 Å². The van der Waals surface area contributed by atoms with Crippen LogP contribution in [0, 0.1) is 13.8 Å². The summed E-state index contributed by atoms with van der Waals surface area (Å²) in [6.07, 6.45) is 1.85. The van der Waals surface area contributed by atoms with Gasteiger partial charge in [-0.3, -0.25) is 0 Å². The molecule has 0 saturated heterocycles. The van der Waals surface area contributed by atoms with Gasteiger partial charge in [0.25, 0.3) is 0 Å². The Hall–Kier alpha value is -4.04. The normalized spacial score (nSPS) is 12.6. The van der Waals surface area contributed by atoms with Gasteiger partial charge in [-0.15, -0.1) is 0 Å². The number of ether oxygens (including phenoxy) is 3. The van der Waals surface area contributed by atoms with Crippen LogP contribution in [0.15, 0.2) is 73.1 Å². The van der Waals surface area contributed by atoms with Crippen LogP contribution in [0.25, 0.3) is 44.3 Å². The average molecular weight is 856 g/mol. The molecule has 4 aromatic heterocycles. The summed E-state index contributed by atoms with van der Waals surface area (Å²) in [6, 6.07) is 18.9. The lowest BCUT2D eigenvalue weighted by molar-refractivity contribution is -0.164. The zero-order chi connectivity index (χ0) is 40.6. The lowest BCUT2D eigenvalue weighted by Crippen LogP contribution is -2.29. The van der Waals surface area contributed by atoms with Crippen LogP contribution in [0.1, 0.15) is 76.3 Å². The molecule has 14 heteroatoms. The number of pyridine rings is 2. The van der Waals surface area contributed by atoms with E-state index < -0.39 is 35.3 Å². The number of carboxylic acids is 1. The van der Waals surface area contributed by atoms with Crippen LogP contribution in [0.2, 0.25) is 10.0 Å².